The molecule has 0 bridgehead atoms. The van der Waals surface area contributed by atoms with Crippen molar-refractivity contribution in [2.45, 2.75) is 13.3 Å². The van der Waals surface area contributed by atoms with Gasteiger partial charge in [0.1, 0.15) is 0 Å². The van der Waals surface area contributed by atoms with Gasteiger partial charge in [-0.1, -0.05) is 6.92 Å². The van der Waals surface area contributed by atoms with Gasteiger partial charge in [0.15, 0.2) is 11.5 Å². The summed E-state index contributed by atoms with van der Waals surface area (Å²) in [5.74, 6) is 0.452. The van der Waals surface area contributed by atoms with Gasteiger partial charge in [-0.25, -0.2) is 0 Å². The van der Waals surface area contributed by atoms with E-state index in [2.05, 4.69) is 0 Å². The predicted octanol–water partition coefficient (Wildman–Crippen LogP) is 2.05. The lowest BCUT2D eigenvalue weighted by molar-refractivity contribution is 0.299. The predicted molar refractivity (Wildman–Crippen MR) is 48.6 cm³/mol. The molecule has 3 nitrogen and oxygen atoms in total. The molecule has 0 heterocycles. The van der Waals surface area contributed by atoms with Crippen LogP contribution < -0.4 is 4.74 Å². The van der Waals surface area contributed by atoms with Crippen molar-refractivity contribution in [3.8, 4) is 17.6 Å². The van der Waals surface area contributed by atoms with E-state index in [1.165, 1.54) is 12.1 Å². The number of ether oxygens (including phenoxy) is 1. The molecule has 0 atom stereocenters. The zero-order chi connectivity index (χ0) is 9.68. The summed E-state index contributed by atoms with van der Waals surface area (Å²) in [4.78, 5) is 0. The Morgan fingerprint density at radius 3 is 2.92 bits per heavy atom. The largest absolute Gasteiger partial charge is 0.504 e. The first-order chi connectivity index (χ1) is 6.27. The van der Waals surface area contributed by atoms with E-state index in [4.69, 9.17) is 10.00 Å². The van der Waals surface area contributed by atoms with E-state index in [-0.39, 0.29) is 5.75 Å². The van der Waals surface area contributed by atoms with Gasteiger partial charge < -0.3 is 9.84 Å². The highest BCUT2D eigenvalue weighted by Crippen LogP contribution is 2.26. The van der Waals surface area contributed by atoms with Crippen molar-refractivity contribution in [2.75, 3.05) is 6.61 Å². The summed E-state index contributed by atoms with van der Waals surface area (Å²) in [7, 11) is 0. The Balaban J connectivity index is 2.85. The van der Waals surface area contributed by atoms with Gasteiger partial charge in [0.05, 0.1) is 18.2 Å². The first-order valence-electron chi connectivity index (χ1n) is 4.14. The molecule has 0 amide bonds. The summed E-state index contributed by atoms with van der Waals surface area (Å²) in [5.41, 5.74) is 0.490. The summed E-state index contributed by atoms with van der Waals surface area (Å²) in [6.07, 6.45) is 0.871. The molecule has 0 radical (unpaired) electrons. The molecule has 1 rings (SSSR count). The topological polar surface area (TPSA) is 53.2 Å². The summed E-state index contributed by atoms with van der Waals surface area (Å²) in [6, 6.07) is 6.52. The van der Waals surface area contributed by atoms with Crippen LogP contribution in [0.2, 0.25) is 0 Å². The molecular formula is C10H11NO2. The smallest absolute Gasteiger partial charge is 0.162 e. The lowest BCUT2D eigenvalue weighted by atomic mass is 10.2. The second-order valence-corrected chi connectivity index (χ2v) is 2.64. The van der Waals surface area contributed by atoms with Gasteiger partial charge in [-0.05, 0) is 18.6 Å². The minimum Gasteiger partial charge on any atom is -0.504 e. The Bertz CT molecular complexity index is 328. The van der Waals surface area contributed by atoms with Crippen LogP contribution in [0, 0.1) is 11.3 Å². The monoisotopic (exact) mass is 177 g/mol. The fourth-order valence-electron chi connectivity index (χ4n) is 0.911. The average molecular weight is 177 g/mol. The van der Waals surface area contributed by atoms with E-state index in [0.717, 1.165) is 6.42 Å². The Hall–Kier alpha value is -1.69. The second kappa shape index (κ2) is 4.36. The van der Waals surface area contributed by atoms with Crippen LogP contribution >= 0.6 is 0 Å². The molecule has 0 spiro atoms. The Morgan fingerprint density at radius 2 is 2.31 bits per heavy atom. The van der Waals surface area contributed by atoms with Crippen molar-refractivity contribution in [1.82, 2.24) is 0 Å². The summed E-state index contributed by atoms with van der Waals surface area (Å²) >= 11 is 0. The number of hydrogen-bond donors (Lipinski definition) is 1. The molecule has 3 heteroatoms. The van der Waals surface area contributed by atoms with Crippen LogP contribution in [-0.4, -0.2) is 11.7 Å². The minimum atomic E-state index is 0.0763. The van der Waals surface area contributed by atoms with Gasteiger partial charge in [0, 0.05) is 6.07 Å². The maximum atomic E-state index is 9.32. The first-order valence-corrected chi connectivity index (χ1v) is 4.14. The molecule has 0 aliphatic rings. The van der Waals surface area contributed by atoms with Gasteiger partial charge in [0.25, 0.3) is 0 Å². The number of nitriles is 1. The molecule has 1 aromatic carbocycles. The highest BCUT2D eigenvalue weighted by molar-refractivity contribution is 5.45. The maximum absolute atomic E-state index is 9.32. The molecule has 0 unspecified atom stereocenters. The van der Waals surface area contributed by atoms with E-state index in [1.807, 2.05) is 13.0 Å². The standard InChI is InChI=1S/C10H11NO2/c1-2-5-13-10-6-8(7-11)3-4-9(10)12/h3-4,6,12H,2,5H2,1H3. The highest BCUT2D eigenvalue weighted by Gasteiger charge is 2.02. The third-order valence-electron chi connectivity index (χ3n) is 1.55. The molecule has 0 saturated heterocycles. The molecule has 0 aromatic heterocycles. The van der Waals surface area contributed by atoms with Crippen molar-refractivity contribution in [3.63, 3.8) is 0 Å². The SMILES string of the molecule is CCCOc1cc(C#N)ccc1O. The van der Waals surface area contributed by atoms with Crippen molar-refractivity contribution >= 4 is 0 Å². The average Bonchev–Trinajstić information content (AvgIpc) is 2.17. The van der Waals surface area contributed by atoms with Crippen molar-refractivity contribution < 1.29 is 9.84 Å². The van der Waals surface area contributed by atoms with E-state index in [9.17, 15) is 5.11 Å². The molecule has 13 heavy (non-hydrogen) atoms. The van der Waals surface area contributed by atoms with Crippen molar-refractivity contribution in [3.05, 3.63) is 23.8 Å². The van der Waals surface area contributed by atoms with E-state index >= 15 is 0 Å². The van der Waals surface area contributed by atoms with E-state index in [0.29, 0.717) is 17.9 Å². The fourth-order valence-corrected chi connectivity index (χ4v) is 0.911. The van der Waals surface area contributed by atoms with Crippen molar-refractivity contribution in [1.29, 1.82) is 5.26 Å². The Morgan fingerprint density at radius 1 is 1.54 bits per heavy atom. The number of phenolic OH excluding ortho intramolecular Hbond substituents is 1. The van der Waals surface area contributed by atoms with Gasteiger partial charge in [-0.2, -0.15) is 5.26 Å². The molecule has 0 fully saturated rings. The normalized spacial score (nSPS) is 9.23. The third-order valence-corrected chi connectivity index (χ3v) is 1.55. The first kappa shape index (κ1) is 9.40. The van der Waals surface area contributed by atoms with Crippen LogP contribution in [0.1, 0.15) is 18.9 Å². The molecule has 0 aliphatic heterocycles. The van der Waals surface area contributed by atoms with Crippen LogP contribution in [0.5, 0.6) is 11.5 Å². The molecule has 0 saturated carbocycles. The van der Waals surface area contributed by atoms with Gasteiger partial charge in [0.2, 0.25) is 0 Å². The molecule has 1 N–H and O–H groups in total. The number of rotatable bonds is 3. The van der Waals surface area contributed by atoms with Crippen LogP contribution in [0.25, 0.3) is 0 Å². The highest BCUT2D eigenvalue weighted by atomic mass is 16.5. The zero-order valence-corrected chi connectivity index (χ0v) is 7.45. The summed E-state index contributed by atoms with van der Waals surface area (Å²) in [5, 5.41) is 17.9. The van der Waals surface area contributed by atoms with E-state index in [1.54, 1.807) is 6.07 Å². The zero-order valence-electron chi connectivity index (χ0n) is 7.45. The van der Waals surface area contributed by atoms with Gasteiger partial charge >= 0.3 is 0 Å². The van der Waals surface area contributed by atoms with Crippen LogP contribution in [-0.2, 0) is 0 Å². The number of benzene rings is 1. The van der Waals surface area contributed by atoms with Crippen LogP contribution in [0.15, 0.2) is 18.2 Å². The second-order valence-electron chi connectivity index (χ2n) is 2.64. The maximum Gasteiger partial charge on any atom is 0.162 e. The van der Waals surface area contributed by atoms with Gasteiger partial charge in [-0.15, -0.1) is 0 Å². The quantitative estimate of drug-likeness (QED) is 0.768. The molecule has 0 aliphatic carbocycles. The minimum absolute atomic E-state index is 0.0763. The summed E-state index contributed by atoms with van der Waals surface area (Å²) in [6.45, 7) is 2.52. The fraction of sp³-hybridized carbons (Fsp3) is 0.300. The number of hydrogen-bond acceptors (Lipinski definition) is 3. The van der Waals surface area contributed by atoms with E-state index < -0.39 is 0 Å². The Kier molecular flexibility index (Phi) is 3.15. The lowest BCUT2D eigenvalue weighted by Gasteiger charge is -2.06. The summed E-state index contributed by atoms with van der Waals surface area (Å²) < 4.78 is 5.23. The van der Waals surface area contributed by atoms with Gasteiger partial charge in [-0.3, -0.25) is 0 Å². The van der Waals surface area contributed by atoms with Crippen LogP contribution in [0.3, 0.4) is 0 Å². The lowest BCUT2D eigenvalue weighted by Crippen LogP contribution is -1.95. The third kappa shape index (κ3) is 2.38. The molecule has 68 valence electrons. The number of phenols is 1. The molecular weight excluding hydrogens is 166 g/mol. The Labute approximate surface area is 77.2 Å². The van der Waals surface area contributed by atoms with Crippen molar-refractivity contribution in [2.24, 2.45) is 0 Å². The molecule has 1 aromatic rings. The number of nitrogens with zero attached hydrogens (tertiary/aromatic N) is 1. The van der Waals surface area contributed by atoms with Crippen LogP contribution in [0.4, 0.5) is 0 Å². The number of aromatic hydroxyl groups is 1.